The van der Waals surface area contributed by atoms with Crippen LogP contribution in [0, 0.1) is 0 Å². The van der Waals surface area contributed by atoms with Gasteiger partial charge in [-0.2, -0.15) is 18.9 Å². The number of hydrogen-bond acceptors (Lipinski definition) is 2. The van der Waals surface area contributed by atoms with Crippen LogP contribution >= 0.6 is 18.9 Å². The molecule has 2 nitrogen and oxygen atoms in total. The van der Waals surface area contributed by atoms with Crippen LogP contribution in [-0.4, -0.2) is 26.5 Å². The van der Waals surface area contributed by atoms with Crippen molar-refractivity contribution in [3.05, 3.63) is 23.5 Å². The van der Waals surface area contributed by atoms with Crippen LogP contribution < -0.4 is 10.6 Å². The van der Waals surface area contributed by atoms with Crippen LogP contribution in [0.15, 0.2) is 23.5 Å². The van der Waals surface area contributed by atoms with E-state index in [0.29, 0.717) is 0 Å². The third-order valence-electron chi connectivity index (χ3n) is 1.94. The molecule has 1 heterocycles. The van der Waals surface area contributed by atoms with E-state index in [4.69, 9.17) is 0 Å². The molecule has 0 unspecified atom stereocenters. The predicted octanol–water partition coefficient (Wildman–Crippen LogP) is 1.73. The number of nitrogens with one attached hydrogen (secondary N) is 2. The molecular weight excluding hydrogens is 287 g/mol. The lowest BCUT2D eigenvalue weighted by molar-refractivity contribution is 0.773. The van der Waals surface area contributed by atoms with E-state index in [1.54, 1.807) is 0 Å². The van der Waals surface area contributed by atoms with Crippen molar-refractivity contribution >= 4 is 26.9 Å². The molecule has 80 valence electrons. The molecule has 1 rings (SSSR count). The van der Waals surface area contributed by atoms with Gasteiger partial charge in [-0.25, -0.2) is 0 Å². The zero-order chi connectivity index (χ0) is 10.4. The molecule has 14 heavy (non-hydrogen) atoms. The van der Waals surface area contributed by atoms with Crippen molar-refractivity contribution < 1.29 is 0 Å². The van der Waals surface area contributed by atoms with E-state index in [0.717, 1.165) is 13.0 Å². The smallest absolute Gasteiger partial charge is 0.0624 e. The van der Waals surface area contributed by atoms with Crippen LogP contribution in [0.1, 0.15) is 13.3 Å². The average molecular weight is 306 g/mol. The Hall–Kier alpha value is -0.450. The Balaban J connectivity index is 2.89. The molecule has 0 atom stereocenters. The van der Waals surface area contributed by atoms with E-state index in [2.05, 4.69) is 42.7 Å². The minimum Gasteiger partial charge on any atom is -0.386 e. The summed E-state index contributed by atoms with van der Waals surface area (Å²) < 4.78 is 4.74. The molecule has 1 aliphatic heterocycles. The molecule has 0 saturated heterocycles. The molecule has 3 heteroatoms. The molecular formula is C11H19IN2. The van der Waals surface area contributed by atoms with Gasteiger partial charge in [0.05, 0.1) is 11.4 Å². The highest BCUT2D eigenvalue weighted by molar-refractivity contribution is 14.2. The van der Waals surface area contributed by atoms with Gasteiger partial charge in [-0.3, -0.25) is 0 Å². The van der Waals surface area contributed by atoms with Crippen molar-refractivity contribution in [1.82, 2.24) is 10.6 Å². The predicted molar refractivity (Wildman–Crippen MR) is 75.6 cm³/mol. The van der Waals surface area contributed by atoms with Crippen molar-refractivity contribution in [2.24, 2.45) is 0 Å². The van der Waals surface area contributed by atoms with Crippen molar-refractivity contribution in [3.63, 3.8) is 0 Å². The van der Waals surface area contributed by atoms with Crippen molar-refractivity contribution in [2.75, 3.05) is 18.5 Å². The summed E-state index contributed by atoms with van der Waals surface area (Å²) in [6, 6.07) is 0. The van der Waals surface area contributed by atoms with Crippen LogP contribution in [-0.2, 0) is 0 Å². The summed E-state index contributed by atoms with van der Waals surface area (Å²) in [5.74, 6) is 0. The Bertz CT molecular complexity index is 331. The SMILES string of the molecule is CCCNC1=C(NC)C=I(C)=CC=C1. The molecule has 0 aromatic rings. The fourth-order valence-electron chi connectivity index (χ4n) is 1.21. The second kappa shape index (κ2) is 6.11. The first kappa shape index (κ1) is 11.6. The molecule has 0 saturated carbocycles. The van der Waals surface area contributed by atoms with Crippen LogP contribution in [0.4, 0.5) is 0 Å². The first-order chi connectivity index (χ1) is 6.77. The number of halogens is 1. The average Bonchev–Trinajstić information content (AvgIpc) is 2.36. The lowest BCUT2D eigenvalue weighted by Gasteiger charge is -2.10. The molecule has 2 N–H and O–H groups in total. The highest BCUT2D eigenvalue weighted by Gasteiger charge is 1.99. The van der Waals surface area contributed by atoms with Gasteiger partial charge in [-0.15, -0.1) is 0 Å². The number of rotatable bonds is 4. The van der Waals surface area contributed by atoms with E-state index in [9.17, 15) is 0 Å². The van der Waals surface area contributed by atoms with Crippen LogP contribution in [0.25, 0.3) is 0 Å². The standard InChI is InChI=1S/C11H19IN2/c1-4-8-14-10-6-5-7-12(2)9-11(10)13-3/h5-7,9,13-14H,4,8H2,1-3H3. The van der Waals surface area contributed by atoms with Gasteiger partial charge in [0.1, 0.15) is 0 Å². The third-order valence-corrected chi connectivity index (χ3v) is 5.10. The normalized spacial score (nSPS) is 17.1. The Kier molecular flexibility index (Phi) is 5.07. The fourth-order valence-corrected chi connectivity index (χ4v) is 3.91. The van der Waals surface area contributed by atoms with E-state index < -0.39 is 18.9 Å². The summed E-state index contributed by atoms with van der Waals surface area (Å²) in [5, 5.41) is 6.70. The van der Waals surface area contributed by atoms with Gasteiger partial charge in [0, 0.05) is 13.6 Å². The fraction of sp³-hybridized carbons (Fsp3) is 0.455. The molecule has 1 aliphatic rings. The maximum Gasteiger partial charge on any atom is 0.0624 e. The first-order valence-corrected chi connectivity index (χ1v) is 9.52. The lowest BCUT2D eigenvalue weighted by atomic mass is 10.3. The largest absolute Gasteiger partial charge is 0.386 e. The summed E-state index contributed by atoms with van der Waals surface area (Å²) in [6.45, 7) is 3.22. The molecule has 0 aromatic heterocycles. The monoisotopic (exact) mass is 306 g/mol. The first-order valence-electron chi connectivity index (χ1n) is 4.87. The Morgan fingerprint density at radius 1 is 1.36 bits per heavy atom. The van der Waals surface area contributed by atoms with Crippen molar-refractivity contribution in [3.8, 4) is 0 Å². The van der Waals surface area contributed by atoms with Crippen LogP contribution in [0.5, 0.6) is 0 Å². The molecule has 0 fully saturated rings. The summed E-state index contributed by atoms with van der Waals surface area (Å²) in [6.07, 6.45) is 5.51. The maximum absolute atomic E-state index is 3.44. The minimum atomic E-state index is -0.949. The Labute approximate surface area is 92.8 Å². The topological polar surface area (TPSA) is 24.1 Å². The van der Waals surface area contributed by atoms with Gasteiger partial charge < -0.3 is 10.6 Å². The van der Waals surface area contributed by atoms with Gasteiger partial charge in [0.15, 0.2) is 0 Å². The van der Waals surface area contributed by atoms with E-state index in [1.165, 1.54) is 11.4 Å². The number of allylic oxidation sites excluding steroid dienone is 3. The summed E-state index contributed by atoms with van der Waals surface area (Å²) in [4.78, 5) is 2.34. The van der Waals surface area contributed by atoms with Gasteiger partial charge in [0.25, 0.3) is 0 Å². The molecule has 0 aliphatic carbocycles. The molecule has 0 radical (unpaired) electrons. The molecule has 0 aromatic carbocycles. The third kappa shape index (κ3) is 3.36. The maximum atomic E-state index is 3.44. The van der Waals surface area contributed by atoms with Crippen molar-refractivity contribution in [2.45, 2.75) is 13.3 Å². The summed E-state index contributed by atoms with van der Waals surface area (Å²) >= 11 is -0.949. The van der Waals surface area contributed by atoms with Crippen LogP contribution in [0.3, 0.4) is 0 Å². The zero-order valence-corrected chi connectivity index (χ0v) is 11.3. The molecule has 0 amide bonds. The summed E-state index contributed by atoms with van der Waals surface area (Å²) in [7, 11) is 1.99. The lowest BCUT2D eigenvalue weighted by Crippen LogP contribution is -2.20. The highest BCUT2D eigenvalue weighted by Crippen LogP contribution is 2.10. The van der Waals surface area contributed by atoms with Gasteiger partial charge in [-0.1, -0.05) is 13.0 Å². The summed E-state index contributed by atoms with van der Waals surface area (Å²) in [5.41, 5.74) is 2.49. The molecule has 0 spiro atoms. The second-order valence-corrected chi connectivity index (χ2v) is 7.71. The second-order valence-electron chi connectivity index (χ2n) is 3.16. The Morgan fingerprint density at radius 3 is 2.79 bits per heavy atom. The minimum absolute atomic E-state index is 0.949. The zero-order valence-electron chi connectivity index (χ0n) is 9.10. The molecule has 0 bridgehead atoms. The van der Waals surface area contributed by atoms with Crippen molar-refractivity contribution in [1.29, 1.82) is 0 Å². The van der Waals surface area contributed by atoms with Gasteiger partial charge >= 0.3 is 0 Å². The highest BCUT2D eigenvalue weighted by atomic mass is 127. The Morgan fingerprint density at radius 2 is 2.14 bits per heavy atom. The van der Waals surface area contributed by atoms with Crippen LogP contribution in [0.2, 0.25) is 0 Å². The van der Waals surface area contributed by atoms with E-state index in [1.807, 2.05) is 7.05 Å². The van der Waals surface area contributed by atoms with Gasteiger partial charge in [-0.05, 0) is 25.5 Å². The quantitative estimate of drug-likeness (QED) is 0.610. The van der Waals surface area contributed by atoms with Gasteiger partial charge in [0.2, 0.25) is 0 Å². The van der Waals surface area contributed by atoms with E-state index >= 15 is 0 Å². The number of hydrogen-bond donors (Lipinski definition) is 2. The van der Waals surface area contributed by atoms with E-state index in [-0.39, 0.29) is 0 Å². The number of alkyl halides is 1.